The van der Waals surface area contributed by atoms with E-state index in [1.807, 2.05) is 5.38 Å². The summed E-state index contributed by atoms with van der Waals surface area (Å²) in [7, 11) is 0. The summed E-state index contributed by atoms with van der Waals surface area (Å²) >= 11 is 9.29. The van der Waals surface area contributed by atoms with E-state index in [2.05, 4.69) is 22.1 Å². The van der Waals surface area contributed by atoms with Gasteiger partial charge in [-0.3, -0.25) is 0 Å². The number of hydrogen-bond acceptors (Lipinski definition) is 4. The van der Waals surface area contributed by atoms with Crippen LogP contribution >= 0.6 is 34.7 Å². The number of thiazole rings is 1. The van der Waals surface area contributed by atoms with Crippen molar-refractivity contribution in [1.29, 1.82) is 0 Å². The molecule has 2 nitrogen and oxygen atoms in total. The Morgan fingerprint density at radius 1 is 1.50 bits per heavy atom. The predicted octanol–water partition coefficient (Wildman–Crippen LogP) is 3.35. The maximum atomic E-state index is 5.75. The maximum absolute atomic E-state index is 5.75. The Bertz CT molecular complexity index is 284. The van der Waals surface area contributed by atoms with Gasteiger partial charge in [0.2, 0.25) is 0 Å². The van der Waals surface area contributed by atoms with E-state index < -0.39 is 0 Å². The zero-order valence-corrected chi connectivity index (χ0v) is 10.2. The largest absolute Gasteiger partial charge is 0.369 e. The molecule has 0 saturated carbocycles. The zero-order valence-electron chi connectivity index (χ0n) is 7.83. The van der Waals surface area contributed by atoms with Gasteiger partial charge in [-0.15, -0.1) is 11.3 Å². The maximum Gasteiger partial charge on any atom is 0.185 e. The van der Waals surface area contributed by atoms with E-state index in [-0.39, 0.29) is 0 Å². The molecule has 0 aromatic carbocycles. The van der Waals surface area contributed by atoms with Gasteiger partial charge < -0.3 is 5.32 Å². The fraction of sp³-hybridized carbons (Fsp3) is 0.667. The molecule has 0 atom stereocenters. The Hall–Kier alpha value is 0.0700. The molecule has 78 valence electrons. The SMILES string of the molecule is Clc1nc(NCC2CCSCC2)cs1. The van der Waals surface area contributed by atoms with Crippen LogP contribution in [0.3, 0.4) is 0 Å². The number of hydrogen-bond donors (Lipinski definition) is 1. The Morgan fingerprint density at radius 2 is 2.29 bits per heavy atom. The van der Waals surface area contributed by atoms with Crippen LogP contribution in [0.25, 0.3) is 0 Å². The van der Waals surface area contributed by atoms with Crippen LogP contribution in [0.1, 0.15) is 12.8 Å². The first-order chi connectivity index (χ1) is 6.84. The molecule has 1 aromatic rings. The molecule has 2 heterocycles. The summed E-state index contributed by atoms with van der Waals surface area (Å²) < 4.78 is 0.617. The van der Waals surface area contributed by atoms with E-state index in [1.165, 1.54) is 35.7 Å². The summed E-state index contributed by atoms with van der Waals surface area (Å²) in [5.74, 6) is 4.36. The van der Waals surface area contributed by atoms with Gasteiger partial charge in [-0.1, -0.05) is 11.6 Å². The summed E-state index contributed by atoms with van der Waals surface area (Å²) in [6, 6.07) is 0. The van der Waals surface area contributed by atoms with Crippen molar-refractivity contribution < 1.29 is 0 Å². The minimum atomic E-state index is 0.617. The smallest absolute Gasteiger partial charge is 0.185 e. The lowest BCUT2D eigenvalue weighted by molar-refractivity contribution is 0.515. The molecule has 0 spiro atoms. The predicted molar refractivity (Wildman–Crippen MR) is 65.7 cm³/mol. The second-order valence-corrected chi connectivity index (χ2v) is 6.09. The highest BCUT2D eigenvalue weighted by molar-refractivity contribution is 7.99. The van der Waals surface area contributed by atoms with Crippen LogP contribution in [0.5, 0.6) is 0 Å². The van der Waals surface area contributed by atoms with Crippen molar-refractivity contribution in [1.82, 2.24) is 4.98 Å². The molecule has 1 N–H and O–H groups in total. The quantitative estimate of drug-likeness (QED) is 0.888. The minimum Gasteiger partial charge on any atom is -0.369 e. The van der Waals surface area contributed by atoms with Gasteiger partial charge in [0.25, 0.3) is 0 Å². The lowest BCUT2D eigenvalue weighted by Gasteiger charge is -2.21. The van der Waals surface area contributed by atoms with Crippen molar-refractivity contribution in [3.05, 3.63) is 9.85 Å². The van der Waals surface area contributed by atoms with Crippen molar-refractivity contribution in [2.24, 2.45) is 5.92 Å². The summed E-state index contributed by atoms with van der Waals surface area (Å²) in [4.78, 5) is 4.16. The van der Waals surface area contributed by atoms with Crippen molar-refractivity contribution in [2.75, 3.05) is 23.4 Å². The Morgan fingerprint density at radius 3 is 2.93 bits per heavy atom. The van der Waals surface area contributed by atoms with Crippen LogP contribution in [0.4, 0.5) is 5.82 Å². The Kier molecular flexibility index (Phi) is 3.96. The number of aromatic nitrogens is 1. The monoisotopic (exact) mass is 248 g/mol. The van der Waals surface area contributed by atoms with Crippen LogP contribution in [-0.4, -0.2) is 23.0 Å². The second kappa shape index (κ2) is 5.24. The summed E-state index contributed by atoms with van der Waals surface area (Å²) in [6.45, 7) is 1.04. The number of anilines is 1. The van der Waals surface area contributed by atoms with Crippen LogP contribution in [0.2, 0.25) is 4.47 Å². The molecule has 1 aliphatic heterocycles. The number of nitrogens with zero attached hydrogens (tertiary/aromatic N) is 1. The third-order valence-electron chi connectivity index (χ3n) is 2.39. The molecule has 0 bridgehead atoms. The van der Waals surface area contributed by atoms with E-state index in [0.717, 1.165) is 18.3 Å². The highest BCUT2D eigenvalue weighted by Crippen LogP contribution is 2.24. The molecule has 0 amide bonds. The third kappa shape index (κ3) is 3.04. The van der Waals surface area contributed by atoms with E-state index in [9.17, 15) is 0 Å². The first kappa shape index (κ1) is 10.6. The van der Waals surface area contributed by atoms with Crippen molar-refractivity contribution in [2.45, 2.75) is 12.8 Å². The fourth-order valence-electron chi connectivity index (χ4n) is 1.53. The molecule has 2 rings (SSSR count). The van der Waals surface area contributed by atoms with Crippen LogP contribution in [0, 0.1) is 5.92 Å². The van der Waals surface area contributed by atoms with Crippen LogP contribution < -0.4 is 5.32 Å². The number of rotatable bonds is 3. The lowest BCUT2D eigenvalue weighted by Crippen LogP contribution is -2.19. The van der Waals surface area contributed by atoms with Crippen molar-refractivity contribution >= 4 is 40.5 Å². The van der Waals surface area contributed by atoms with E-state index in [0.29, 0.717) is 4.47 Å². The number of halogens is 1. The van der Waals surface area contributed by atoms with Crippen molar-refractivity contribution in [3.8, 4) is 0 Å². The van der Waals surface area contributed by atoms with Gasteiger partial charge in [-0.05, 0) is 30.3 Å². The molecular weight excluding hydrogens is 236 g/mol. The van der Waals surface area contributed by atoms with Gasteiger partial charge in [0, 0.05) is 11.9 Å². The highest BCUT2D eigenvalue weighted by Gasteiger charge is 2.13. The van der Waals surface area contributed by atoms with Gasteiger partial charge in [0.1, 0.15) is 5.82 Å². The number of thioether (sulfide) groups is 1. The van der Waals surface area contributed by atoms with Gasteiger partial charge in [-0.25, -0.2) is 4.98 Å². The first-order valence-corrected chi connectivity index (χ1v) is 7.18. The topological polar surface area (TPSA) is 24.9 Å². The molecule has 1 saturated heterocycles. The molecule has 0 radical (unpaired) electrons. The van der Waals surface area contributed by atoms with E-state index in [4.69, 9.17) is 11.6 Å². The minimum absolute atomic E-state index is 0.617. The highest BCUT2D eigenvalue weighted by atomic mass is 35.5. The van der Waals surface area contributed by atoms with Gasteiger partial charge in [0.05, 0.1) is 0 Å². The van der Waals surface area contributed by atoms with Crippen LogP contribution in [0.15, 0.2) is 5.38 Å². The standard InChI is InChI=1S/C9H13ClN2S2/c10-9-12-8(6-14-9)11-5-7-1-3-13-4-2-7/h6-7,11H,1-5H2. The summed E-state index contributed by atoms with van der Waals surface area (Å²) in [6.07, 6.45) is 2.66. The molecule has 0 aliphatic carbocycles. The van der Waals surface area contributed by atoms with Gasteiger partial charge >= 0.3 is 0 Å². The van der Waals surface area contributed by atoms with Gasteiger partial charge in [-0.2, -0.15) is 11.8 Å². The number of nitrogens with one attached hydrogen (secondary N) is 1. The van der Waals surface area contributed by atoms with Gasteiger partial charge in [0.15, 0.2) is 4.47 Å². The molecule has 0 unspecified atom stereocenters. The average molecular weight is 249 g/mol. The second-order valence-electron chi connectivity index (χ2n) is 3.42. The lowest BCUT2D eigenvalue weighted by atomic mass is 10.0. The summed E-state index contributed by atoms with van der Waals surface area (Å²) in [5, 5.41) is 5.31. The molecule has 1 aliphatic rings. The van der Waals surface area contributed by atoms with E-state index >= 15 is 0 Å². The summed E-state index contributed by atoms with van der Waals surface area (Å²) in [5.41, 5.74) is 0. The third-order valence-corrected chi connectivity index (χ3v) is 4.42. The zero-order chi connectivity index (χ0) is 9.80. The normalized spacial score (nSPS) is 18.4. The molecular formula is C9H13ClN2S2. The fourth-order valence-corrected chi connectivity index (χ4v) is 3.46. The Balaban J connectivity index is 1.76. The average Bonchev–Trinajstić information content (AvgIpc) is 2.63. The molecule has 14 heavy (non-hydrogen) atoms. The van der Waals surface area contributed by atoms with Crippen molar-refractivity contribution in [3.63, 3.8) is 0 Å². The van der Waals surface area contributed by atoms with E-state index in [1.54, 1.807) is 0 Å². The van der Waals surface area contributed by atoms with Crippen LogP contribution in [-0.2, 0) is 0 Å². The molecule has 5 heteroatoms. The molecule has 1 fully saturated rings. The Labute approximate surface area is 97.5 Å². The molecule has 1 aromatic heterocycles. The first-order valence-electron chi connectivity index (χ1n) is 4.77.